The zero-order chi connectivity index (χ0) is 55.3. The highest BCUT2D eigenvalue weighted by Crippen LogP contribution is 2.54. The summed E-state index contributed by atoms with van der Waals surface area (Å²) in [6, 6.07) is 32.9. The van der Waals surface area contributed by atoms with Gasteiger partial charge in [-0.1, -0.05) is 171 Å². The second-order valence-corrected chi connectivity index (χ2v) is 29.3. The molecule has 3 nitrogen and oxygen atoms in total. The maximum Gasteiger partial charge on any atom is 0.252 e. The fourth-order valence-corrected chi connectivity index (χ4v) is 13.5. The van der Waals surface area contributed by atoms with E-state index in [0.717, 1.165) is 25.7 Å². The summed E-state index contributed by atoms with van der Waals surface area (Å²) in [7, 11) is 0. The van der Waals surface area contributed by atoms with Crippen molar-refractivity contribution in [2.24, 2.45) is 0 Å². The highest BCUT2D eigenvalue weighted by Gasteiger charge is 2.48. The number of nitrogens with zero attached hydrogens (tertiary/aromatic N) is 3. The lowest BCUT2D eigenvalue weighted by molar-refractivity contribution is 0.332. The molecule has 0 saturated carbocycles. The summed E-state index contributed by atoms with van der Waals surface area (Å²) in [5.74, 6) is 0. The topological polar surface area (TPSA) is 9.72 Å². The number of hydrogen-bond donors (Lipinski definition) is 0. The van der Waals surface area contributed by atoms with Crippen molar-refractivity contribution in [3.05, 3.63) is 170 Å². The van der Waals surface area contributed by atoms with Gasteiger partial charge in [-0.2, -0.15) is 0 Å². The van der Waals surface area contributed by atoms with Gasteiger partial charge in [0.05, 0.1) is 17.1 Å². The Bertz CT molecular complexity index is 3370. The molecule has 0 atom stereocenters. The summed E-state index contributed by atoms with van der Waals surface area (Å²) in [6.07, 6.45) is 11.6. The number of rotatable bonds is 5. The van der Waals surface area contributed by atoms with Crippen molar-refractivity contribution in [3.63, 3.8) is 0 Å². The minimum Gasteiger partial charge on any atom is -0.311 e. The van der Waals surface area contributed by atoms with Crippen LogP contribution in [0.3, 0.4) is 0 Å². The van der Waals surface area contributed by atoms with Gasteiger partial charge < -0.3 is 14.7 Å². The van der Waals surface area contributed by atoms with Crippen LogP contribution in [0.15, 0.2) is 103 Å². The molecule has 76 heavy (non-hydrogen) atoms. The summed E-state index contributed by atoms with van der Waals surface area (Å²) in [6.45, 7) is 52.4. The average Bonchev–Trinajstić information content (AvgIpc) is 3.30. The van der Waals surface area contributed by atoms with E-state index < -0.39 is 0 Å². The first-order chi connectivity index (χ1) is 35.2. The SMILES string of the molecule is Cc1cc(C(C)(C)C)cc(C)c1N(C1=CCCC=C1)c1ccc2c(c1)N(c1c(C)cc(C(C)(C)C)cc1C)c1cc(C(C)(C)C)cc3c1B2c1cc2c(cc1N3c1c(C)cc(C(C)(C)C)cc1C)C(C)(C)CCC2(C)C. The van der Waals surface area contributed by atoms with E-state index >= 15 is 0 Å². The van der Waals surface area contributed by atoms with E-state index in [1.807, 2.05) is 0 Å². The van der Waals surface area contributed by atoms with E-state index in [0.29, 0.717) is 0 Å². The van der Waals surface area contributed by atoms with E-state index in [-0.39, 0.29) is 39.2 Å². The summed E-state index contributed by atoms with van der Waals surface area (Å²) < 4.78 is 0. The van der Waals surface area contributed by atoms with E-state index in [9.17, 15) is 0 Å². The van der Waals surface area contributed by atoms with Crippen LogP contribution in [-0.4, -0.2) is 6.71 Å². The average molecular weight is 1010 g/mol. The molecule has 2 heterocycles. The molecule has 2 aliphatic heterocycles. The number of benzene rings is 6. The Labute approximate surface area is 461 Å². The second-order valence-electron chi connectivity index (χ2n) is 29.3. The van der Waals surface area contributed by atoms with Crippen LogP contribution in [0.2, 0.25) is 0 Å². The first-order valence-electron chi connectivity index (χ1n) is 28.8. The summed E-state index contributed by atoms with van der Waals surface area (Å²) in [5.41, 5.74) is 31.8. The molecule has 0 unspecified atom stereocenters. The van der Waals surface area contributed by atoms with Crippen LogP contribution < -0.4 is 31.1 Å². The monoisotopic (exact) mass is 1010 g/mol. The first kappa shape index (κ1) is 53.7. The highest BCUT2D eigenvalue weighted by atomic mass is 15.2. The van der Waals surface area contributed by atoms with Crippen LogP contribution in [0.25, 0.3) is 0 Å². The largest absolute Gasteiger partial charge is 0.311 e. The second kappa shape index (κ2) is 17.9. The molecule has 0 fully saturated rings. The lowest BCUT2D eigenvalue weighted by atomic mass is 9.33. The maximum atomic E-state index is 2.74. The minimum atomic E-state index is -0.145. The van der Waals surface area contributed by atoms with Gasteiger partial charge in [-0.05, 0) is 219 Å². The molecule has 2 aliphatic carbocycles. The summed E-state index contributed by atoms with van der Waals surface area (Å²) in [5, 5.41) is 0. The molecule has 0 aromatic heterocycles. The standard InChI is InChI=1S/C72H90BN3/c1-43-32-49(67(7,8)9)33-44(2)64(43)74(53-26-24-23-25-27-53)54-28-29-57-59(40-54)75(65-45(3)34-50(35-46(65)4)68(10,11)12)61-38-52(70(16,17)18)39-62-63(61)73(57)58-41-55-56(72(21,22)31-30-71(55,19)20)42-60(58)76(62)66-47(5)36-51(37-48(66)6)69(13,14)15/h24,26-29,32-42H,23,25,30-31H2,1-22H3. The molecule has 6 aromatic rings. The molecule has 0 N–H and O–H groups in total. The summed E-state index contributed by atoms with van der Waals surface area (Å²) in [4.78, 5) is 8.05. The van der Waals surface area contributed by atoms with E-state index in [1.54, 1.807) is 0 Å². The molecular weight excluding hydrogens is 918 g/mol. The molecule has 4 aliphatic rings. The molecule has 0 saturated heterocycles. The zero-order valence-corrected chi connectivity index (χ0v) is 51.0. The molecule has 396 valence electrons. The van der Waals surface area contributed by atoms with Gasteiger partial charge in [0.15, 0.2) is 0 Å². The van der Waals surface area contributed by atoms with Crippen molar-refractivity contribution in [1.82, 2.24) is 0 Å². The lowest BCUT2D eigenvalue weighted by Gasteiger charge is -2.48. The Kier molecular flexibility index (Phi) is 12.6. The third-order valence-electron chi connectivity index (χ3n) is 18.1. The Morgan fingerprint density at radius 2 is 0.855 bits per heavy atom. The number of aryl methyl sites for hydroxylation is 6. The van der Waals surface area contributed by atoms with E-state index in [1.165, 1.54) is 134 Å². The Morgan fingerprint density at radius 3 is 1.28 bits per heavy atom. The van der Waals surface area contributed by atoms with Gasteiger partial charge in [-0.15, -0.1) is 0 Å². The zero-order valence-electron chi connectivity index (χ0n) is 51.0. The number of anilines is 8. The Hall–Kier alpha value is -5.74. The molecule has 6 aromatic carbocycles. The first-order valence-corrected chi connectivity index (χ1v) is 28.8. The van der Waals surface area contributed by atoms with Crippen molar-refractivity contribution in [2.45, 2.75) is 210 Å². The molecule has 0 bridgehead atoms. The van der Waals surface area contributed by atoms with Crippen molar-refractivity contribution in [2.75, 3.05) is 14.7 Å². The van der Waals surface area contributed by atoms with Crippen LogP contribution in [0, 0.1) is 41.5 Å². The van der Waals surface area contributed by atoms with Crippen molar-refractivity contribution >= 4 is 68.6 Å². The molecule has 0 amide bonds. The van der Waals surface area contributed by atoms with Crippen LogP contribution in [0.1, 0.15) is 203 Å². The van der Waals surface area contributed by atoms with Gasteiger partial charge in [-0.25, -0.2) is 0 Å². The number of hydrogen-bond acceptors (Lipinski definition) is 3. The number of fused-ring (bicyclic) bond motifs is 5. The molecular formula is C72H90BN3. The van der Waals surface area contributed by atoms with E-state index in [4.69, 9.17) is 0 Å². The smallest absolute Gasteiger partial charge is 0.252 e. The highest BCUT2D eigenvalue weighted by molar-refractivity contribution is 7.00. The summed E-state index contributed by atoms with van der Waals surface area (Å²) >= 11 is 0. The quantitative estimate of drug-likeness (QED) is 0.159. The maximum absolute atomic E-state index is 2.74. The van der Waals surface area contributed by atoms with Gasteiger partial charge >= 0.3 is 0 Å². The molecule has 4 heteroatoms. The van der Waals surface area contributed by atoms with Gasteiger partial charge in [0.1, 0.15) is 0 Å². The molecule has 0 spiro atoms. The normalized spacial score (nSPS) is 16.8. The van der Waals surface area contributed by atoms with Crippen LogP contribution >= 0.6 is 0 Å². The van der Waals surface area contributed by atoms with Gasteiger partial charge in [0.25, 0.3) is 6.71 Å². The number of allylic oxidation sites excluding steroid dienone is 3. The lowest BCUT2D eigenvalue weighted by Crippen LogP contribution is -2.62. The van der Waals surface area contributed by atoms with Crippen molar-refractivity contribution < 1.29 is 0 Å². The van der Waals surface area contributed by atoms with E-state index in [2.05, 4.69) is 264 Å². The molecule has 10 rings (SSSR count). The van der Waals surface area contributed by atoms with Crippen LogP contribution in [0.4, 0.5) is 45.5 Å². The fraction of sp³-hybridized carbons (Fsp3) is 0.444. The van der Waals surface area contributed by atoms with Gasteiger partial charge in [0.2, 0.25) is 0 Å². The fourth-order valence-electron chi connectivity index (χ4n) is 13.5. The third kappa shape index (κ3) is 8.90. The predicted molar refractivity (Wildman–Crippen MR) is 334 cm³/mol. The Morgan fingerprint density at radius 1 is 0.447 bits per heavy atom. The third-order valence-corrected chi connectivity index (χ3v) is 18.1. The predicted octanol–water partition coefficient (Wildman–Crippen LogP) is 18.5. The van der Waals surface area contributed by atoms with Gasteiger partial charge in [0, 0.05) is 34.1 Å². The van der Waals surface area contributed by atoms with Crippen molar-refractivity contribution in [1.29, 1.82) is 0 Å². The van der Waals surface area contributed by atoms with Gasteiger partial charge in [-0.3, -0.25) is 0 Å². The molecule has 0 radical (unpaired) electrons. The van der Waals surface area contributed by atoms with Crippen LogP contribution in [-0.2, 0) is 32.5 Å². The van der Waals surface area contributed by atoms with Crippen LogP contribution in [0.5, 0.6) is 0 Å². The Balaban J connectivity index is 1.37. The van der Waals surface area contributed by atoms with Crippen molar-refractivity contribution in [3.8, 4) is 0 Å². The minimum absolute atomic E-state index is 0.00137.